The molecule has 0 aliphatic carbocycles. The van der Waals surface area contributed by atoms with E-state index >= 15 is 0 Å². The van der Waals surface area contributed by atoms with Crippen molar-refractivity contribution in [3.63, 3.8) is 0 Å². The van der Waals surface area contributed by atoms with E-state index < -0.39 is 4.87 Å². The zero-order valence-electron chi connectivity index (χ0n) is 13.4. The van der Waals surface area contributed by atoms with Gasteiger partial charge in [0, 0.05) is 21.4 Å². The molecule has 1 atom stereocenters. The number of ether oxygens (including phenoxy) is 1. The second kappa shape index (κ2) is 6.07. The van der Waals surface area contributed by atoms with Crippen LogP contribution in [0, 0.1) is 0 Å². The summed E-state index contributed by atoms with van der Waals surface area (Å²) in [5, 5.41) is 2.91. The molecule has 7 heteroatoms. The first-order valence-electron chi connectivity index (χ1n) is 7.87. The number of carbonyl (C=O) groups is 2. The fraction of sp³-hybridized carbons (Fsp3) is 0.222. The molecule has 128 valence electrons. The summed E-state index contributed by atoms with van der Waals surface area (Å²) in [5.74, 6) is 0.716. The Kier molecular flexibility index (Phi) is 4.00. The number of hydrogen-bond acceptors (Lipinski definition) is 4. The van der Waals surface area contributed by atoms with Crippen molar-refractivity contribution in [2.75, 3.05) is 22.6 Å². The van der Waals surface area contributed by atoms with Gasteiger partial charge in [-0.1, -0.05) is 15.9 Å². The zero-order valence-corrected chi connectivity index (χ0v) is 15.8. The molecule has 1 saturated heterocycles. The van der Waals surface area contributed by atoms with Crippen molar-refractivity contribution in [1.82, 2.24) is 0 Å². The Bertz CT molecular complexity index is 871. The number of benzene rings is 2. The number of thioether (sulfide) groups is 1. The van der Waals surface area contributed by atoms with Crippen LogP contribution >= 0.6 is 27.7 Å². The monoisotopic (exact) mass is 418 g/mol. The van der Waals surface area contributed by atoms with Crippen LogP contribution < -0.4 is 15.0 Å². The van der Waals surface area contributed by atoms with Gasteiger partial charge in [-0.15, -0.1) is 11.8 Å². The number of fused-ring (bicyclic) bond motifs is 2. The third-order valence-electron chi connectivity index (χ3n) is 4.28. The number of nitrogens with one attached hydrogen (secondary N) is 1. The molecule has 1 spiro atoms. The predicted octanol–water partition coefficient (Wildman–Crippen LogP) is 3.73. The molecule has 2 amide bonds. The van der Waals surface area contributed by atoms with Gasteiger partial charge in [0.25, 0.3) is 5.91 Å². The molecule has 2 aromatic carbocycles. The van der Waals surface area contributed by atoms with Crippen LogP contribution in [0.4, 0.5) is 11.4 Å². The lowest BCUT2D eigenvalue weighted by Gasteiger charge is -2.32. The summed E-state index contributed by atoms with van der Waals surface area (Å²) in [5.41, 5.74) is 2.23. The third kappa shape index (κ3) is 2.45. The Labute approximate surface area is 157 Å². The van der Waals surface area contributed by atoms with E-state index in [0.717, 1.165) is 21.5 Å². The molecule has 2 heterocycles. The molecule has 0 unspecified atom stereocenters. The molecular formula is C18H15BrN2O3S. The largest absolute Gasteiger partial charge is 0.494 e. The lowest BCUT2D eigenvalue weighted by Crippen LogP contribution is -2.47. The van der Waals surface area contributed by atoms with Gasteiger partial charge in [-0.05, 0) is 49.4 Å². The highest BCUT2D eigenvalue weighted by molar-refractivity contribution is 9.10. The minimum absolute atomic E-state index is 0.0860. The summed E-state index contributed by atoms with van der Waals surface area (Å²) in [7, 11) is 0. The number of anilines is 2. The van der Waals surface area contributed by atoms with Crippen molar-refractivity contribution in [1.29, 1.82) is 0 Å². The molecule has 1 fully saturated rings. The highest BCUT2D eigenvalue weighted by Gasteiger charge is 2.58. The van der Waals surface area contributed by atoms with Gasteiger partial charge in [0.1, 0.15) is 5.75 Å². The fourth-order valence-electron chi connectivity index (χ4n) is 3.26. The van der Waals surface area contributed by atoms with Crippen LogP contribution in [-0.2, 0) is 14.5 Å². The number of halogens is 1. The number of hydrogen-bond donors (Lipinski definition) is 1. The van der Waals surface area contributed by atoms with E-state index in [1.54, 1.807) is 4.90 Å². The molecule has 0 bridgehead atoms. The first kappa shape index (κ1) is 16.5. The molecular weight excluding hydrogens is 404 g/mol. The second-order valence-electron chi connectivity index (χ2n) is 5.73. The van der Waals surface area contributed by atoms with Gasteiger partial charge in [0.05, 0.1) is 12.4 Å². The first-order valence-corrected chi connectivity index (χ1v) is 9.65. The van der Waals surface area contributed by atoms with Crippen molar-refractivity contribution >= 4 is 50.9 Å². The summed E-state index contributed by atoms with van der Waals surface area (Å²) in [6.45, 7) is 2.49. The van der Waals surface area contributed by atoms with Crippen LogP contribution in [0.1, 0.15) is 12.5 Å². The molecule has 0 saturated carbocycles. The van der Waals surface area contributed by atoms with E-state index in [0.29, 0.717) is 12.3 Å². The van der Waals surface area contributed by atoms with Gasteiger partial charge in [-0.3, -0.25) is 14.5 Å². The maximum Gasteiger partial charge on any atom is 0.266 e. The fourth-order valence-corrected chi connectivity index (χ4v) is 4.92. The average molecular weight is 419 g/mol. The summed E-state index contributed by atoms with van der Waals surface area (Å²) < 4.78 is 6.34. The molecule has 25 heavy (non-hydrogen) atoms. The number of rotatable bonds is 3. The Hall–Kier alpha value is -1.99. The summed E-state index contributed by atoms with van der Waals surface area (Å²) >= 11 is 4.81. The average Bonchev–Trinajstić information content (AvgIpc) is 3.08. The SMILES string of the molecule is CCOc1ccc(N2C(=O)CS[C@@]23C(=O)Nc2ccc(Br)cc23)cc1. The number of nitrogens with zero attached hydrogens (tertiary/aromatic N) is 1. The van der Waals surface area contributed by atoms with Gasteiger partial charge in [-0.25, -0.2) is 0 Å². The molecule has 0 aromatic heterocycles. The lowest BCUT2D eigenvalue weighted by molar-refractivity contribution is -0.122. The molecule has 1 N–H and O–H groups in total. The summed E-state index contributed by atoms with van der Waals surface area (Å²) in [6, 6.07) is 12.9. The smallest absolute Gasteiger partial charge is 0.266 e. The Morgan fingerprint density at radius 3 is 2.72 bits per heavy atom. The topological polar surface area (TPSA) is 58.6 Å². The maximum atomic E-state index is 12.9. The minimum Gasteiger partial charge on any atom is -0.494 e. The van der Waals surface area contributed by atoms with Gasteiger partial charge in [0.2, 0.25) is 10.8 Å². The van der Waals surface area contributed by atoms with Crippen LogP contribution in [0.2, 0.25) is 0 Å². The predicted molar refractivity (Wildman–Crippen MR) is 102 cm³/mol. The first-order chi connectivity index (χ1) is 12.1. The van der Waals surface area contributed by atoms with Crippen LogP contribution in [0.25, 0.3) is 0 Å². The molecule has 4 rings (SSSR count). The Balaban J connectivity index is 1.83. The van der Waals surface area contributed by atoms with Crippen molar-refractivity contribution in [2.45, 2.75) is 11.8 Å². The van der Waals surface area contributed by atoms with E-state index in [1.807, 2.05) is 49.4 Å². The standard InChI is InChI=1S/C18H15BrN2O3S/c1-2-24-13-6-4-12(5-7-13)21-16(22)10-25-18(21)14-9-11(19)3-8-15(14)20-17(18)23/h3-9H,2,10H2,1H3,(H,20,23)/t18-/m0/s1. The van der Waals surface area contributed by atoms with Crippen molar-refractivity contribution in [3.05, 3.63) is 52.5 Å². The van der Waals surface area contributed by atoms with Crippen LogP contribution in [0.5, 0.6) is 5.75 Å². The normalized spacial score (nSPS) is 21.6. The summed E-state index contributed by atoms with van der Waals surface area (Å²) in [6.07, 6.45) is 0. The molecule has 5 nitrogen and oxygen atoms in total. The molecule has 0 radical (unpaired) electrons. The zero-order chi connectivity index (χ0) is 17.6. The minimum atomic E-state index is -1.07. The van der Waals surface area contributed by atoms with Crippen LogP contribution in [-0.4, -0.2) is 24.2 Å². The lowest BCUT2D eigenvalue weighted by atomic mass is 10.0. The van der Waals surface area contributed by atoms with Gasteiger partial charge < -0.3 is 10.1 Å². The highest BCUT2D eigenvalue weighted by atomic mass is 79.9. The van der Waals surface area contributed by atoms with E-state index in [4.69, 9.17) is 4.74 Å². The molecule has 2 aliphatic rings. The number of amides is 2. The van der Waals surface area contributed by atoms with Crippen molar-refractivity contribution in [3.8, 4) is 5.75 Å². The third-order valence-corrected chi connectivity index (χ3v) is 6.17. The highest BCUT2D eigenvalue weighted by Crippen LogP contribution is 2.54. The maximum absolute atomic E-state index is 12.9. The van der Waals surface area contributed by atoms with Gasteiger partial charge in [0.15, 0.2) is 0 Å². The van der Waals surface area contributed by atoms with Crippen molar-refractivity contribution < 1.29 is 14.3 Å². The van der Waals surface area contributed by atoms with E-state index in [1.165, 1.54) is 11.8 Å². The van der Waals surface area contributed by atoms with Crippen LogP contribution in [0.3, 0.4) is 0 Å². The summed E-state index contributed by atoms with van der Waals surface area (Å²) in [4.78, 5) is 26.1. The van der Waals surface area contributed by atoms with Gasteiger partial charge in [-0.2, -0.15) is 0 Å². The molecule has 2 aromatic rings. The van der Waals surface area contributed by atoms with Gasteiger partial charge >= 0.3 is 0 Å². The Morgan fingerprint density at radius 2 is 2.00 bits per heavy atom. The van der Waals surface area contributed by atoms with Crippen molar-refractivity contribution in [2.24, 2.45) is 0 Å². The Morgan fingerprint density at radius 1 is 1.24 bits per heavy atom. The molecule has 2 aliphatic heterocycles. The second-order valence-corrected chi connectivity index (χ2v) is 7.82. The van der Waals surface area contributed by atoms with E-state index in [2.05, 4.69) is 21.2 Å². The quantitative estimate of drug-likeness (QED) is 0.824. The van der Waals surface area contributed by atoms with Crippen LogP contribution in [0.15, 0.2) is 46.9 Å². The van der Waals surface area contributed by atoms with E-state index in [9.17, 15) is 9.59 Å². The number of carbonyl (C=O) groups excluding carboxylic acids is 2. The van der Waals surface area contributed by atoms with E-state index in [-0.39, 0.29) is 17.6 Å².